The van der Waals surface area contributed by atoms with Crippen molar-refractivity contribution in [3.63, 3.8) is 0 Å². The summed E-state index contributed by atoms with van der Waals surface area (Å²) in [5.74, 6) is 0.479. The van der Waals surface area contributed by atoms with Crippen LogP contribution in [0.1, 0.15) is 18.4 Å². The summed E-state index contributed by atoms with van der Waals surface area (Å²) in [6, 6.07) is 13.9. The maximum atomic E-state index is 13.1. The molecule has 1 fully saturated rings. The highest BCUT2D eigenvalue weighted by Crippen LogP contribution is 2.24. The van der Waals surface area contributed by atoms with Gasteiger partial charge in [-0.1, -0.05) is 24.3 Å². The SMILES string of the molecule is Cn1cnnc1-c1cccc(NC(=O)C2CCCN2Cc2ccc(F)cc2)c1. The first-order chi connectivity index (χ1) is 13.6. The van der Waals surface area contributed by atoms with Gasteiger partial charge in [0.15, 0.2) is 5.82 Å². The molecule has 144 valence electrons. The fourth-order valence-electron chi connectivity index (χ4n) is 3.64. The van der Waals surface area contributed by atoms with Crippen LogP contribution in [0.4, 0.5) is 10.1 Å². The minimum absolute atomic E-state index is 0.0188. The van der Waals surface area contributed by atoms with E-state index in [9.17, 15) is 9.18 Å². The first-order valence-electron chi connectivity index (χ1n) is 9.34. The number of benzene rings is 2. The fourth-order valence-corrected chi connectivity index (χ4v) is 3.64. The topological polar surface area (TPSA) is 63.1 Å². The summed E-state index contributed by atoms with van der Waals surface area (Å²) in [4.78, 5) is 15.0. The van der Waals surface area contributed by atoms with Crippen LogP contribution in [0.5, 0.6) is 0 Å². The van der Waals surface area contributed by atoms with Gasteiger partial charge in [0.2, 0.25) is 5.91 Å². The van der Waals surface area contributed by atoms with Crippen molar-refractivity contribution in [3.8, 4) is 11.4 Å². The lowest BCUT2D eigenvalue weighted by Crippen LogP contribution is -2.39. The number of nitrogens with one attached hydrogen (secondary N) is 1. The standard InChI is InChI=1S/C21H22FN5O/c1-26-14-23-25-20(26)16-4-2-5-18(12-16)24-21(28)19-6-3-11-27(19)13-15-7-9-17(22)10-8-15/h2,4-5,7-10,12,14,19H,3,6,11,13H2,1H3,(H,24,28). The van der Waals surface area contributed by atoms with Crippen molar-refractivity contribution in [1.29, 1.82) is 0 Å². The number of likely N-dealkylation sites (tertiary alicyclic amines) is 1. The van der Waals surface area contributed by atoms with Crippen LogP contribution in [0.15, 0.2) is 54.9 Å². The number of halogens is 1. The van der Waals surface area contributed by atoms with Gasteiger partial charge in [-0.05, 0) is 49.2 Å². The van der Waals surface area contributed by atoms with E-state index < -0.39 is 0 Å². The Bertz CT molecular complexity index is 969. The summed E-state index contributed by atoms with van der Waals surface area (Å²) in [5.41, 5.74) is 2.64. The molecule has 0 saturated carbocycles. The quantitative estimate of drug-likeness (QED) is 0.739. The Hall–Kier alpha value is -3.06. The Morgan fingerprint density at radius 1 is 1.25 bits per heavy atom. The number of hydrogen-bond donors (Lipinski definition) is 1. The zero-order valence-corrected chi connectivity index (χ0v) is 15.7. The number of amides is 1. The van der Waals surface area contributed by atoms with Crippen molar-refractivity contribution in [3.05, 3.63) is 66.2 Å². The molecule has 1 aliphatic heterocycles. The van der Waals surface area contributed by atoms with E-state index in [1.165, 1.54) is 12.1 Å². The third-order valence-electron chi connectivity index (χ3n) is 5.06. The van der Waals surface area contributed by atoms with Crippen molar-refractivity contribution in [2.75, 3.05) is 11.9 Å². The summed E-state index contributed by atoms with van der Waals surface area (Å²) in [6.07, 6.45) is 3.43. The minimum atomic E-state index is -0.248. The number of hydrogen-bond acceptors (Lipinski definition) is 4. The van der Waals surface area contributed by atoms with Crippen molar-refractivity contribution in [1.82, 2.24) is 19.7 Å². The van der Waals surface area contributed by atoms with Crippen LogP contribution in [0, 0.1) is 5.82 Å². The molecular weight excluding hydrogens is 357 g/mol. The zero-order chi connectivity index (χ0) is 19.5. The van der Waals surface area contributed by atoms with Gasteiger partial charge in [-0.2, -0.15) is 0 Å². The van der Waals surface area contributed by atoms with E-state index in [2.05, 4.69) is 20.4 Å². The van der Waals surface area contributed by atoms with Crippen molar-refractivity contribution >= 4 is 11.6 Å². The molecule has 1 aliphatic rings. The maximum absolute atomic E-state index is 13.1. The second-order valence-corrected chi connectivity index (χ2v) is 7.09. The van der Waals surface area contributed by atoms with E-state index in [4.69, 9.17) is 0 Å². The molecule has 1 N–H and O–H groups in total. The first kappa shape index (κ1) is 18.3. The molecule has 0 bridgehead atoms. The molecular formula is C21H22FN5O. The van der Waals surface area contributed by atoms with E-state index >= 15 is 0 Å². The van der Waals surface area contributed by atoms with E-state index in [1.54, 1.807) is 18.5 Å². The van der Waals surface area contributed by atoms with Gasteiger partial charge in [0, 0.05) is 24.8 Å². The van der Waals surface area contributed by atoms with Gasteiger partial charge in [0.05, 0.1) is 6.04 Å². The van der Waals surface area contributed by atoms with Crippen LogP contribution in [0.25, 0.3) is 11.4 Å². The normalized spacial score (nSPS) is 17.0. The molecule has 0 spiro atoms. The van der Waals surface area contributed by atoms with Gasteiger partial charge in [0.1, 0.15) is 12.1 Å². The lowest BCUT2D eigenvalue weighted by atomic mass is 10.1. The Balaban J connectivity index is 1.45. The molecule has 1 amide bonds. The predicted octanol–water partition coefficient (Wildman–Crippen LogP) is 3.22. The predicted molar refractivity (Wildman–Crippen MR) is 105 cm³/mol. The van der Waals surface area contributed by atoms with Gasteiger partial charge in [-0.25, -0.2) is 4.39 Å². The molecule has 2 aromatic carbocycles. The second kappa shape index (κ2) is 7.90. The van der Waals surface area contributed by atoms with Gasteiger partial charge in [0.25, 0.3) is 0 Å². The lowest BCUT2D eigenvalue weighted by molar-refractivity contribution is -0.120. The van der Waals surface area contributed by atoms with Gasteiger partial charge in [-0.3, -0.25) is 9.69 Å². The Kier molecular flexibility index (Phi) is 5.16. The van der Waals surface area contributed by atoms with E-state index in [0.29, 0.717) is 6.54 Å². The molecule has 28 heavy (non-hydrogen) atoms. The van der Waals surface area contributed by atoms with Crippen LogP contribution >= 0.6 is 0 Å². The van der Waals surface area contributed by atoms with Gasteiger partial charge in [-0.15, -0.1) is 10.2 Å². The zero-order valence-electron chi connectivity index (χ0n) is 15.7. The molecule has 7 heteroatoms. The molecule has 3 aromatic rings. The third kappa shape index (κ3) is 3.94. The molecule has 1 aromatic heterocycles. The van der Waals surface area contributed by atoms with Gasteiger partial charge < -0.3 is 9.88 Å². The average Bonchev–Trinajstić information content (AvgIpc) is 3.33. The maximum Gasteiger partial charge on any atom is 0.241 e. The summed E-state index contributed by atoms with van der Waals surface area (Å²) < 4.78 is 15.0. The molecule has 1 unspecified atom stereocenters. The molecule has 1 saturated heterocycles. The summed E-state index contributed by atoms with van der Waals surface area (Å²) in [7, 11) is 1.88. The molecule has 4 rings (SSSR count). The monoisotopic (exact) mass is 379 g/mol. The van der Waals surface area contributed by atoms with Crippen LogP contribution in [0.2, 0.25) is 0 Å². The van der Waals surface area contributed by atoms with Crippen LogP contribution < -0.4 is 5.32 Å². The highest BCUT2D eigenvalue weighted by molar-refractivity contribution is 5.95. The largest absolute Gasteiger partial charge is 0.325 e. The number of carbonyl (C=O) groups is 1. The Morgan fingerprint density at radius 3 is 2.82 bits per heavy atom. The summed E-state index contributed by atoms with van der Waals surface area (Å²) in [6.45, 7) is 1.49. The highest BCUT2D eigenvalue weighted by Gasteiger charge is 2.30. The Morgan fingerprint density at radius 2 is 2.07 bits per heavy atom. The van der Waals surface area contributed by atoms with Crippen LogP contribution in [-0.4, -0.2) is 38.2 Å². The first-order valence-corrected chi connectivity index (χ1v) is 9.34. The summed E-state index contributed by atoms with van der Waals surface area (Å²) in [5, 5.41) is 11.0. The van der Waals surface area contributed by atoms with E-state index in [-0.39, 0.29) is 17.8 Å². The van der Waals surface area contributed by atoms with E-state index in [0.717, 1.165) is 42.0 Å². The molecule has 1 atom stereocenters. The number of aryl methyl sites for hydroxylation is 1. The summed E-state index contributed by atoms with van der Waals surface area (Å²) >= 11 is 0. The second-order valence-electron chi connectivity index (χ2n) is 7.09. The smallest absolute Gasteiger partial charge is 0.241 e. The molecule has 6 nitrogen and oxygen atoms in total. The van der Waals surface area contributed by atoms with Crippen LogP contribution in [0.3, 0.4) is 0 Å². The van der Waals surface area contributed by atoms with Gasteiger partial charge >= 0.3 is 0 Å². The molecule has 2 heterocycles. The van der Waals surface area contributed by atoms with E-state index in [1.807, 2.05) is 35.9 Å². The highest BCUT2D eigenvalue weighted by atomic mass is 19.1. The number of carbonyl (C=O) groups excluding carboxylic acids is 1. The van der Waals surface area contributed by atoms with Crippen molar-refractivity contribution < 1.29 is 9.18 Å². The van der Waals surface area contributed by atoms with Crippen LogP contribution in [-0.2, 0) is 18.4 Å². The number of anilines is 1. The average molecular weight is 379 g/mol. The molecule has 0 radical (unpaired) electrons. The third-order valence-corrected chi connectivity index (χ3v) is 5.06. The number of nitrogens with zero attached hydrogens (tertiary/aromatic N) is 4. The number of aromatic nitrogens is 3. The molecule has 0 aliphatic carbocycles. The number of rotatable bonds is 5. The minimum Gasteiger partial charge on any atom is -0.325 e. The van der Waals surface area contributed by atoms with Crippen molar-refractivity contribution in [2.45, 2.75) is 25.4 Å². The Labute approximate surface area is 163 Å². The fraction of sp³-hybridized carbons (Fsp3) is 0.286. The lowest BCUT2D eigenvalue weighted by Gasteiger charge is -2.23. The van der Waals surface area contributed by atoms with Crippen molar-refractivity contribution in [2.24, 2.45) is 7.05 Å².